The number of nitrogens with one attached hydrogen (secondary N) is 2. The van der Waals surface area contributed by atoms with Crippen LogP contribution in [0.5, 0.6) is 11.5 Å². The van der Waals surface area contributed by atoms with Gasteiger partial charge in [0.25, 0.3) is 0 Å². The van der Waals surface area contributed by atoms with Gasteiger partial charge < -0.3 is 19.5 Å². The van der Waals surface area contributed by atoms with Crippen molar-refractivity contribution in [2.75, 3.05) is 17.5 Å². The summed E-state index contributed by atoms with van der Waals surface area (Å²) < 4.78 is 10.1. The van der Waals surface area contributed by atoms with Crippen LogP contribution in [0, 0.1) is 6.92 Å². The molecule has 0 saturated heterocycles. The summed E-state index contributed by atoms with van der Waals surface area (Å²) in [4.78, 5) is 12.0. The highest BCUT2D eigenvalue weighted by atomic mass is 16.5. The number of hydrazine groups is 1. The highest BCUT2D eigenvalue weighted by Gasteiger charge is 2.22. The number of carbonyl (C=O) groups is 1. The molecule has 130 valence electrons. The van der Waals surface area contributed by atoms with Gasteiger partial charge in [0.15, 0.2) is 11.6 Å². The fraction of sp³-hybridized carbons (Fsp3) is 0.375. The van der Waals surface area contributed by atoms with Gasteiger partial charge in [0.2, 0.25) is 0 Å². The highest BCUT2D eigenvalue weighted by Crippen LogP contribution is 2.38. The number of esters is 1. The molecule has 0 saturated carbocycles. The maximum Gasteiger partial charge on any atom is 0.342 e. The van der Waals surface area contributed by atoms with Crippen LogP contribution >= 0.6 is 0 Å². The Balaban J connectivity index is 2.25. The molecule has 1 aromatic heterocycles. The third-order valence-corrected chi connectivity index (χ3v) is 3.37. The molecule has 0 bridgehead atoms. The molecule has 0 aliphatic carbocycles. The maximum atomic E-state index is 12.0. The Morgan fingerprint density at radius 1 is 1.33 bits per heavy atom. The standard InChI is InChI=1S/C16H21N3O5/c1-5-23-16(22)13-9(4)6-10(20)14(15(13)21)18-17-12-7-11(8(2)3)24-19-12/h6-8,18,20-21H,5H2,1-4H3,(H,17,19). The number of rotatable bonds is 6. The Hall–Kier alpha value is -2.90. The normalized spacial score (nSPS) is 10.7. The third kappa shape index (κ3) is 3.53. The van der Waals surface area contributed by atoms with Gasteiger partial charge in [-0.25, -0.2) is 4.79 Å². The van der Waals surface area contributed by atoms with Gasteiger partial charge in [-0.05, 0) is 25.5 Å². The minimum atomic E-state index is -0.668. The molecule has 2 aromatic rings. The lowest BCUT2D eigenvalue weighted by atomic mass is 10.1. The predicted molar refractivity (Wildman–Crippen MR) is 88.3 cm³/mol. The molecular formula is C16H21N3O5. The minimum absolute atomic E-state index is 0.0121. The largest absolute Gasteiger partial charge is 0.506 e. The van der Waals surface area contributed by atoms with Crippen LogP contribution in [0.1, 0.15) is 48.4 Å². The lowest BCUT2D eigenvalue weighted by Gasteiger charge is -2.15. The molecule has 0 amide bonds. The van der Waals surface area contributed by atoms with E-state index in [0.717, 1.165) is 0 Å². The minimum Gasteiger partial charge on any atom is -0.506 e. The van der Waals surface area contributed by atoms with Crippen molar-refractivity contribution in [1.82, 2.24) is 5.16 Å². The topological polar surface area (TPSA) is 117 Å². The van der Waals surface area contributed by atoms with Gasteiger partial charge in [0.05, 0.1) is 6.61 Å². The summed E-state index contributed by atoms with van der Waals surface area (Å²) in [6.45, 7) is 7.36. The number of aryl methyl sites for hydroxylation is 1. The lowest BCUT2D eigenvalue weighted by Crippen LogP contribution is -2.12. The summed E-state index contributed by atoms with van der Waals surface area (Å²) in [6, 6.07) is 3.05. The van der Waals surface area contributed by atoms with E-state index in [0.29, 0.717) is 17.1 Å². The van der Waals surface area contributed by atoms with E-state index in [1.54, 1.807) is 19.9 Å². The molecule has 1 heterocycles. The number of phenolic OH excluding ortho intramolecular Hbond substituents is 2. The third-order valence-electron chi connectivity index (χ3n) is 3.37. The molecule has 0 aliphatic heterocycles. The van der Waals surface area contributed by atoms with Crippen molar-refractivity contribution in [1.29, 1.82) is 0 Å². The Morgan fingerprint density at radius 3 is 2.62 bits per heavy atom. The molecule has 0 unspecified atom stereocenters. The van der Waals surface area contributed by atoms with E-state index in [2.05, 4.69) is 16.0 Å². The van der Waals surface area contributed by atoms with Crippen LogP contribution in [0.25, 0.3) is 0 Å². The summed E-state index contributed by atoms with van der Waals surface area (Å²) in [5, 5.41) is 24.1. The van der Waals surface area contributed by atoms with Crippen molar-refractivity contribution in [2.24, 2.45) is 0 Å². The molecule has 8 nitrogen and oxygen atoms in total. The molecule has 0 fully saturated rings. The zero-order valence-corrected chi connectivity index (χ0v) is 14.0. The first-order valence-electron chi connectivity index (χ1n) is 7.56. The van der Waals surface area contributed by atoms with Crippen molar-refractivity contribution in [3.05, 3.63) is 29.0 Å². The number of nitrogens with zero attached hydrogens (tertiary/aromatic N) is 1. The van der Waals surface area contributed by atoms with E-state index in [1.165, 1.54) is 6.07 Å². The number of anilines is 2. The quantitative estimate of drug-likeness (QED) is 0.361. The monoisotopic (exact) mass is 335 g/mol. The molecule has 8 heteroatoms. The first-order chi connectivity index (χ1) is 11.3. The van der Waals surface area contributed by atoms with E-state index >= 15 is 0 Å². The van der Waals surface area contributed by atoms with Crippen molar-refractivity contribution in [3.63, 3.8) is 0 Å². The van der Waals surface area contributed by atoms with Crippen LogP contribution in [0.2, 0.25) is 0 Å². The fourth-order valence-electron chi connectivity index (χ4n) is 2.11. The zero-order chi connectivity index (χ0) is 17.9. The number of phenols is 2. The number of ether oxygens (including phenoxy) is 1. The number of carbonyl (C=O) groups excluding carboxylic acids is 1. The molecule has 0 aliphatic rings. The van der Waals surface area contributed by atoms with Crippen LogP contribution in [0.4, 0.5) is 11.5 Å². The SMILES string of the molecule is CCOC(=O)c1c(C)cc(O)c(NNc2cc(C(C)C)on2)c1O. The maximum absolute atomic E-state index is 12.0. The Morgan fingerprint density at radius 2 is 2.04 bits per heavy atom. The van der Waals surface area contributed by atoms with Crippen LogP contribution in [-0.2, 0) is 4.74 Å². The van der Waals surface area contributed by atoms with E-state index in [9.17, 15) is 15.0 Å². The Kier molecular flexibility index (Phi) is 5.18. The molecule has 24 heavy (non-hydrogen) atoms. The van der Waals surface area contributed by atoms with Gasteiger partial charge in [0, 0.05) is 12.0 Å². The van der Waals surface area contributed by atoms with Crippen LogP contribution in [0.3, 0.4) is 0 Å². The second-order valence-electron chi connectivity index (χ2n) is 5.55. The summed E-state index contributed by atoms with van der Waals surface area (Å²) in [5.41, 5.74) is 5.67. The summed E-state index contributed by atoms with van der Waals surface area (Å²) >= 11 is 0. The van der Waals surface area contributed by atoms with Crippen molar-refractivity contribution in [3.8, 4) is 11.5 Å². The van der Waals surface area contributed by atoms with E-state index in [4.69, 9.17) is 9.26 Å². The highest BCUT2D eigenvalue weighted by molar-refractivity contribution is 5.97. The van der Waals surface area contributed by atoms with E-state index in [1.807, 2.05) is 13.8 Å². The van der Waals surface area contributed by atoms with E-state index in [-0.39, 0.29) is 29.5 Å². The number of hydrogen-bond acceptors (Lipinski definition) is 8. The van der Waals surface area contributed by atoms with Crippen molar-refractivity contribution >= 4 is 17.5 Å². The summed E-state index contributed by atoms with van der Waals surface area (Å²) in [7, 11) is 0. The van der Waals surface area contributed by atoms with E-state index < -0.39 is 11.7 Å². The van der Waals surface area contributed by atoms with Crippen molar-refractivity contribution < 1.29 is 24.3 Å². The Bertz CT molecular complexity index is 740. The number of benzene rings is 1. The van der Waals surface area contributed by atoms with Crippen LogP contribution < -0.4 is 10.9 Å². The average Bonchev–Trinajstić information content (AvgIpc) is 2.96. The number of aromatic nitrogens is 1. The van der Waals surface area contributed by atoms with Gasteiger partial charge in [-0.15, -0.1) is 0 Å². The first-order valence-corrected chi connectivity index (χ1v) is 7.56. The second kappa shape index (κ2) is 7.12. The lowest BCUT2D eigenvalue weighted by molar-refractivity contribution is 0.0522. The molecule has 1 aromatic carbocycles. The second-order valence-corrected chi connectivity index (χ2v) is 5.55. The fourth-order valence-corrected chi connectivity index (χ4v) is 2.11. The van der Waals surface area contributed by atoms with Crippen molar-refractivity contribution in [2.45, 2.75) is 33.6 Å². The summed E-state index contributed by atoms with van der Waals surface area (Å²) in [5.74, 6) is -0.0764. The average molecular weight is 335 g/mol. The summed E-state index contributed by atoms with van der Waals surface area (Å²) in [6.07, 6.45) is 0. The molecular weight excluding hydrogens is 314 g/mol. The van der Waals surface area contributed by atoms with Gasteiger partial charge >= 0.3 is 5.97 Å². The van der Waals surface area contributed by atoms with Crippen LogP contribution in [-0.4, -0.2) is 27.9 Å². The Labute approximate surface area is 139 Å². The van der Waals surface area contributed by atoms with Gasteiger partial charge in [-0.1, -0.05) is 19.0 Å². The molecule has 0 radical (unpaired) electrons. The van der Waals surface area contributed by atoms with Gasteiger partial charge in [-0.3, -0.25) is 10.9 Å². The number of hydrogen-bond donors (Lipinski definition) is 4. The predicted octanol–water partition coefficient (Wildman–Crippen LogP) is 3.13. The van der Waals surface area contributed by atoms with Gasteiger partial charge in [-0.2, -0.15) is 0 Å². The van der Waals surface area contributed by atoms with Gasteiger partial charge in [0.1, 0.15) is 22.8 Å². The molecule has 0 atom stereocenters. The molecule has 2 rings (SSSR count). The smallest absolute Gasteiger partial charge is 0.342 e. The zero-order valence-electron chi connectivity index (χ0n) is 14.0. The molecule has 0 spiro atoms. The molecule has 4 N–H and O–H groups in total. The first kappa shape index (κ1) is 17.5. The number of aromatic hydroxyl groups is 2. The van der Waals surface area contributed by atoms with Crippen LogP contribution in [0.15, 0.2) is 16.7 Å².